The van der Waals surface area contributed by atoms with Gasteiger partial charge in [-0.25, -0.2) is 8.78 Å². The average molecular weight is 262 g/mol. The Morgan fingerprint density at radius 3 is 2.74 bits per heavy atom. The van der Waals surface area contributed by atoms with Crippen molar-refractivity contribution in [2.24, 2.45) is 0 Å². The molecule has 0 radical (unpaired) electrons. The highest BCUT2D eigenvalue weighted by Crippen LogP contribution is 2.21. The summed E-state index contributed by atoms with van der Waals surface area (Å²) in [7, 11) is 0. The van der Waals surface area contributed by atoms with Gasteiger partial charge in [0.15, 0.2) is 11.6 Å². The third-order valence-corrected chi connectivity index (χ3v) is 2.69. The molecule has 0 aliphatic heterocycles. The van der Waals surface area contributed by atoms with Gasteiger partial charge in [0.05, 0.1) is 17.5 Å². The van der Waals surface area contributed by atoms with Gasteiger partial charge in [0.1, 0.15) is 11.8 Å². The van der Waals surface area contributed by atoms with Crippen LogP contribution in [0.25, 0.3) is 0 Å². The minimum Gasteiger partial charge on any atom is -0.469 e. The van der Waals surface area contributed by atoms with E-state index < -0.39 is 11.6 Å². The zero-order valence-electron chi connectivity index (χ0n) is 10.3. The molecule has 1 aromatic heterocycles. The number of nitriles is 1. The zero-order valence-corrected chi connectivity index (χ0v) is 10.3. The van der Waals surface area contributed by atoms with Crippen LogP contribution in [0.5, 0.6) is 0 Å². The largest absolute Gasteiger partial charge is 0.469 e. The quantitative estimate of drug-likeness (QED) is 0.917. The van der Waals surface area contributed by atoms with Crippen molar-refractivity contribution < 1.29 is 13.2 Å². The highest BCUT2D eigenvalue weighted by atomic mass is 19.2. The molecule has 0 spiro atoms. The van der Waals surface area contributed by atoms with Gasteiger partial charge in [-0.3, -0.25) is 0 Å². The molecule has 1 unspecified atom stereocenters. The predicted octanol–water partition coefficient (Wildman–Crippen LogP) is 3.47. The van der Waals surface area contributed by atoms with E-state index in [1.165, 1.54) is 12.1 Å². The van der Waals surface area contributed by atoms with E-state index in [0.29, 0.717) is 6.42 Å². The Bertz CT molecular complexity index is 603. The molecule has 2 rings (SSSR count). The fraction of sp³-hybridized carbons (Fsp3) is 0.214. The molecule has 0 saturated carbocycles. The summed E-state index contributed by atoms with van der Waals surface area (Å²) in [6.07, 6.45) is 2.11. The van der Waals surface area contributed by atoms with Crippen LogP contribution in [0.2, 0.25) is 0 Å². The first-order chi connectivity index (χ1) is 9.11. The first kappa shape index (κ1) is 13.1. The van der Waals surface area contributed by atoms with E-state index >= 15 is 0 Å². The molecule has 5 heteroatoms. The van der Waals surface area contributed by atoms with Crippen LogP contribution in [-0.4, -0.2) is 6.04 Å². The standard InChI is InChI=1S/C14H12F2N2O/c1-9(7-11-3-2-6-19-11)18-12-5-4-10(8-17)13(15)14(12)16/h2-6,9,18H,7H2,1H3. The summed E-state index contributed by atoms with van der Waals surface area (Å²) in [5.41, 5.74) is -0.266. The monoisotopic (exact) mass is 262 g/mol. The van der Waals surface area contributed by atoms with Crippen molar-refractivity contribution in [1.29, 1.82) is 5.26 Å². The zero-order chi connectivity index (χ0) is 13.8. The van der Waals surface area contributed by atoms with Crippen molar-refractivity contribution in [3.8, 4) is 6.07 Å². The fourth-order valence-corrected chi connectivity index (χ4v) is 1.79. The van der Waals surface area contributed by atoms with E-state index in [1.807, 2.05) is 13.0 Å². The Balaban J connectivity index is 2.11. The number of hydrogen-bond acceptors (Lipinski definition) is 3. The average Bonchev–Trinajstić information content (AvgIpc) is 2.88. The lowest BCUT2D eigenvalue weighted by molar-refractivity contribution is 0.493. The summed E-state index contributed by atoms with van der Waals surface area (Å²) in [4.78, 5) is 0. The van der Waals surface area contributed by atoms with Crippen LogP contribution in [0.15, 0.2) is 34.9 Å². The molecular formula is C14H12F2N2O. The second kappa shape index (κ2) is 5.53. The second-order valence-electron chi connectivity index (χ2n) is 4.23. The third kappa shape index (κ3) is 2.91. The van der Waals surface area contributed by atoms with Crippen LogP contribution in [0.1, 0.15) is 18.2 Å². The summed E-state index contributed by atoms with van der Waals surface area (Å²) in [6.45, 7) is 1.83. The van der Waals surface area contributed by atoms with E-state index in [1.54, 1.807) is 18.4 Å². The molecule has 1 N–H and O–H groups in total. The molecule has 19 heavy (non-hydrogen) atoms. The maximum atomic E-state index is 13.7. The maximum Gasteiger partial charge on any atom is 0.183 e. The van der Waals surface area contributed by atoms with E-state index in [2.05, 4.69) is 5.32 Å². The van der Waals surface area contributed by atoms with Crippen LogP contribution < -0.4 is 5.32 Å². The summed E-state index contributed by atoms with van der Waals surface area (Å²) in [6, 6.07) is 7.65. The van der Waals surface area contributed by atoms with Crippen LogP contribution in [0.3, 0.4) is 0 Å². The Morgan fingerprint density at radius 2 is 2.11 bits per heavy atom. The Labute approximate surface area is 109 Å². The Kier molecular flexibility index (Phi) is 3.81. The normalized spacial score (nSPS) is 11.9. The number of nitrogens with one attached hydrogen (secondary N) is 1. The van der Waals surface area contributed by atoms with Crippen molar-refractivity contribution >= 4 is 5.69 Å². The minimum absolute atomic E-state index is 0.0376. The van der Waals surface area contributed by atoms with Crippen molar-refractivity contribution in [1.82, 2.24) is 0 Å². The first-order valence-electron chi connectivity index (χ1n) is 5.79. The van der Waals surface area contributed by atoms with E-state index in [9.17, 15) is 8.78 Å². The van der Waals surface area contributed by atoms with Crippen LogP contribution in [0, 0.1) is 23.0 Å². The molecule has 1 heterocycles. The van der Waals surface area contributed by atoms with E-state index in [4.69, 9.17) is 9.68 Å². The van der Waals surface area contributed by atoms with Gasteiger partial charge in [-0.05, 0) is 31.2 Å². The van der Waals surface area contributed by atoms with Gasteiger partial charge in [0.2, 0.25) is 0 Å². The van der Waals surface area contributed by atoms with Gasteiger partial charge < -0.3 is 9.73 Å². The molecule has 0 fully saturated rings. The van der Waals surface area contributed by atoms with Crippen molar-refractivity contribution in [2.45, 2.75) is 19.4 Å². The molecule has 1 aromatic carbocycles. The lowest BCUT2D eigenvalue weighted by atomic mass is 10.1. The third-order valence-electron chi connectivity index (χ3n) is 2.69. The molecule has 0 saturated heterocycles. The predicted molar refractivity (Wildman–Crippen MR) is 66.6 cm³/mol. The van der Waals surface area contributed by atoms with Crippen molar-refractivity contribution in [3.63, 3.8) is 0 Å². The Hall–Kier alpha value is -2.35. The molecular weight excluding hydrogens is 250 g/mol. The van der Waals surface area contributed by atoms with Crippen LogP contribution >= 0.6 is 0 Å². The minimum atomic E-state index is -1.13. The fourth-order valence-electron chi connectivity index (χ4n) is 1.79. The van der Waals surface area contributed by atoms with Crippen molar-refractivity contribution in [2.75, 3.05) is 5.32 Å². The molecule has 0 bridgehead atoms. The Morgan fingerprint density at radius 1 is 1.32 bits per heavy atom. The van der Waals surface area contributed by atoms with Gasteiger partial charge in [-0.1, -0.05) is 0 Å². The van der Waals surface area contributed by atoms with Gasteiger partial charge in [-0.15, -0.1) is 0 Å². The smallest absolute Gasteiger partial charge is 0.183 e. The number of rotatable bonds is 4. The number of halogens is 2. The van der Waals surface area contributed by atoms with Crippen LogP contribution in [0.4, 0.5) is 14.5 Å². The highest BCUT2D eigenvalue weighted by Gasteiger charge is 2.15. The van der Waals surface area contributed by atoms with E-state index in [0.717, 1.165) is 5.76 Å². The number of anilines is 1. The van der Waals surface area contributed by atoms with E-state index in [-0.39, 0.29) is 17.3 Å². The molecule has 3 nitrogen and oxygen atoms in total. The van der Waals surface area contributed by atoms with Gasteiger partial charge in [0.25, 0.3) is 0 Å². The summed E-state index contributed by atoms with van der Waals surface area (Å²) in [5.74, 6) is -1.41. The van der Waals surface area contributed by atoms with Gasteiger partial charge in [-0.2, -0.15) is 5.26 Å². The van der Waals surface area contributed by atoms with Crippen molar-refractivity contribution in [3.05, 3.63) is 53.5 Å². The lowest BCUT2D eigenvalue weighted by Gasteiger charge is -2.15. The van der Waals surface area contributed by atoms with Gasteiger partial charge in [0, 0.05) is 12.5 Å². The lowest BCUT2D eigenvalue weighted by Crippen LogP contribution is -2.19. The first-order valence-corrected chi connectivity index (χ1v) is 5.79. The van der Waals surface area contributed by atoms with Gasteiger partial charge >= 0.3 is 0 Å². The number of furan rings is 1. The SMILES string of the molecule is CC(Cc1ccco1)Nc1ccc(C#N)c(F)c1F. The summed E-state index contributed by atoms with van der Waals surface area (Å²) in [5, 5.41) is 11.5. The molecule has 0 aliphatic rings. The molecule has 0 amide bonds. The maximum absolute atomic E-state index is 13.7. The summed E-state index contributed by atoms with van der Waals surface area (Å²) < 4.78 is 32.3. The second-order valence-corrected chi connectivity index (χ2v) is 4.23. The topological polar surface area (TPSA) is 49.0 Å². The summed E-state index contributed by atoms with van der Waals surface area (Å²) >= 11 is 0. The molecule has 1 atom stereocenters. The molecule has 98 valence electrons. The highest BCUT2D eigenvalue weighted by molar-refractivity contribution is 5.50. The number of benzene rings is 1. The number of nitrogens with zero attached hydrogens (tertiary/aromatic N) is 1. The number of hydrogen-bond donors (Lipinski definition) is 1. The van der Waals surface area contributed by atoms with Crippen LogP contribution in [-0.2, 0) is 6.42 Å². The molecule has 2 aromatic rings. The molecule has 0 aliphatic carbocycles.